The molecule has 2 aromatic carbocycles. The molecular formula is C44H62ClN7O6. The molecule has 0 unspecified atom stereocenters. The smallest absolute Gasteiger partial charge is 0.410 e. The highest BCUT2D eigenvalue weighted by Crippen LogP contribution is 2.48. The first-order chi connectivity index (χ1) is 27.6. The molecule has 1 saturated heterocycles. The number of likely N-dealkylation sites (N-methyl/N-ethyl adjacent to an activating group) is 1. The van der Waals surface area contributed by atoms with Crippen molar-refractivity contribution < 1.29 is 28.5 Å². The molecule has 58 heavy (non-hydrogen) atoms. The Kier molecular flexibility index (Phi) is 13.9. The number of nitrogens with one attached hydrogen (secondary N) is 2. The first kappa shape index (κ1) is 43.6. The van der Waals surface area contributed by atoms with Gasteiger partial charge in [-0.3, -0.25) is 4.79 Å². The predicted molar refractivity (Wildman–Crippen MR) is 228 cm³/mol. The summed E-state index contributed by atoms with van der Waals surface area (Å²) in [5.41, 5.74) is 2.38. The Morgan fingerprint density at radius 1 is 1.03 bits per heavy atom. The van der Waals surface area contributed by atoms with Crippen LogP contribution in [0.3, 0.4) is 0 Å². The second-order valence-corrected chi connectivity index (χ2v) is 17.5. The Labute approximate surface area is 348 Å². The highest BCUT2D eigenvalue weighted by Gasteiger charge is 2.55. The first-order valence-corrected chi connectivity index (χ1v) is 21.1. The van der Waals surface area contributed by atoms with Crippen LogP contribution in [-0.4, -0.2) is 119 Å². The Bertz CT molecular complexity index is 2050. The molecule has 2 fully saturated rings. The SMILES string of the molecule is CCOC(=O)[C@H](CCN(CCCN(CCc1ccc2cc(C)c(Cl)cc2c1)C(=O)OC(C)(C)C)C[C@H]1C[C@@H](n2ccc3c(NC)ncnc32)[C@@H]2OC(C)(C)O[C@H]12)NC. The van der Waals surface area contributed by atoms with Gasteiger partial charge in [-0.2, -0.15) is 0 Å². The van der Waals surface area contributed by atoms with E-state index in [4.69, 9.17) is 30.5 Å². The van der Waals surface area contributed by atoms with Crippen LogP contribution in [0.5, 0.6) is 0 Å². The minimum atomic E-state index is -0.740. The Morgan fingerprint density at radius 2 is 1.81 bits per heavy atom. The van der Waals surface area contributed by atoms with Gasteiger partial charge in [-0.25, -0.2) is 14.8 Å². The van der Waals surface area contributed by atoms with E-state index in [0.29, 0.717) is 52.0 Å². The fraction of sp³-hybridized carbons (Fsp3) is 0.591. The van der Waals surface area contributed by atoms with Crippen LogP contribution in [0.25, 0.3) is 21.8 Å². The largest absolute Gasteiger partial charge is 0.465 e. The average Bonchev–Trinajstić information content (AvgIpc) is 3.83. The third-order valence-electron chi connectivity index (χ3n) is 11.2. The third kappa shape index (κ3) is 10.4. The van der Waals surface area contributed by atoms with Gasteiger partial charge in [-0.05, 0) is 128 Å². The van der Waals surface area contributed by atoms with Gasteiger partial charge in [0.2, 0.25) is 0 Å². The molecule has 2 aliphatic rings. The standard InChI is InChI=1S/C44H62ClN7O6/c1-10-55-41(53)35(46-8)16-19-50(26-32-25-36(38-37(32)56-44(6,7)57-38)52-21-15-33-39(47-9)48-27-49-40(33)52)17-11-18-51(42(54)58-43(3,4)5)20-14-29-12-13-30-22-28(2)34(45)24-31(30)23-29/h12-13,15,21-24,27,32,35-38,46H,10-11,14,16-20,25-26H2,1-9H3,(H,47,48,49)/t32-,35+,36-,37-,38+/m1/s1. The lowest BCUT2D eigenvalue weighted by Crippen LogP contribution is -2.43. The number of esters is 1. The molecule has 0 bridgehead atoms. The van der Waals surface area contributed by atoms with E-state index in [0.717, 1.165) is 56.7 Å². The molecule has 6 rings (SSSR count). The van der Waals surface area contributed by atoms with Crippen molar-refractivity contribution in [2.45, 2.75) is 110 Å². The lowest BCUT2D eigenvalue weighted by Gasteiger charge is -2.31. The number of carbonyl (C=O) groups excluding carboxylic acids is 2. The van der Waals surface area contributed by atoms with Crippen LogP contribution in [0, 0.1) is 12.8 Å². The number of aryl methyl sites for hydroxylation is 1. The van der Waals surface area contributed by atoms with E-state index in [-0.39, 0.29) is 36.2 Å². The van der Waals surface area contributed by atoms with Crippen molar-refractivity contribution in [3.8, 4) is 0 Å². The number of amides is 1. The van der Waals surface area contributed by atoms with Gasteiger partial charge in [-0.15, -0.1) is 0 Å². The van der Waals surface area contributed by atoms with Crippen LogP contribution < -0.4 is 10.6 Å². The fourth-order valence-electron chi connectivity index (χ4n) is 8.47. The molecule has 13 nitrogen and oxygen atoms in total. The molecule has 2 aromatic heterocycles. The molecule has 1 aliphatic carbocycles. The number of anilines is 1. The lowest BCUT2D eigenvalue weighted by molar-refractivity contribution is -0.161. The van der Waals surface area contributed by atoms with Gasteiger partial charge >= 0.3 is 12.1 Å². The molecule has 0 spiro atoms. The van der Waals surface area contributed by atoms with Gasteiger partial charge < -0.3 is 43.9 Å². The van der Waals surface area contributed by atoms with Crippen LogP contribution in [0.15, 0.2) is 48.9 Å². The maximum atomic E-state index is 13.7. The van der Waals surface area contributed by atoms with Gasteiger partial charge in [-0.1, -0.05) is 29.8 Å². The molecule has 1 aliphatic heterocycles. The molecule has 3 heterocycles. The summed E-state index contributed by atoms with van der Waals surface area (Å²) in [4.78, 5) is 39.8. The van der Waals surface area contributed by atoms with Crippen molar-refractivity contribution in [3.63, 3.8) is 0 Å². The molecule has 1 amide bonds. The average molecular weight is 820 g/mol. The second kappa shape index (κ2) is 18.5. The van der Waals surface area contributed by atoms with Crippen LogP contribution >= 0.6 is 11.6 Å². The third-order valence-corrected chi connectivity index (χ3v) is 11.6. The van der Waals surface area contributed by atoms with E-state index in [2.05, 4.69) is 66.6 Å². The number of carbonyl (C=O) groups is 2. The van der Waals surface area contributed by atoms with Crippen LogP contribution in [0.2, 0.25) is 5.02 Å². The topological polar surface area (TPSA) is 132 Å². The summed E-state index contributed by atoms with van der Waals surface area (Å²) in [6.07, 6.45) is 5.77. The molecular weight excluding hydrogens is 758 g/mol. The van der Waals surface area contributed by atoms with Gasteiger partial charge in [0.25, 0.3) is 0 Å². The van der Waals surface area contributed by atoms with Gasteiger partial charge in [0.1, 0.15) is 35.5 Å². The fourth-order valence-corrected chi connectivity index (χ4v) is 8.64. The van der Waals surface area contributed by atoms with E-state index in [1.54, 1.807) is 13.4 Å². The molecule has 1 saturated carbocycles. The number of ether oxygens (including phenoxy) is 4. The minimum Gasteiger partial charge on any atom is -0.465 e. The number of nitrogens with zero attached hydrogens (tertiary/aromatic N) is 5. The highest BCUT2D eigenvalue weighted by atomic mass is 35.5. The number of hydrogen-bond donors (Lipinski definition) is 2. The summed E-state index contributed by atoms with van der Waals surface area (Å²) < 4.78 is 26.8. The zero-order chi connectivity index (χ0) is 41.8. The monoisotopic (exact) mass is 819 g/mol. The van der Waals surface area contributed by atoms with Crippen LogP contribution in [-0.2, 0) is 30.2 Å². The molecule has 316 valence electrons. The van der Waals surface area contributed by atoms with Crippen LogP contribution in [0.4, 0.5) is 10.6 Å². The summed E-state index contributed by atoms with van der Waals surface area (Å²) in [7, 11) is 3.65. The summed E-state index contributed by atoms with van der Waals surface area (Å²) in [5, 5.41) is 10.2. The number of benzene rings is 2. The Morgan fingerprint density at radius 3 is 2.53 bits per heavy atom. The maximum Gasteiger partial charge on any atom is 0.410 e. The predicted octanol–water partition coefficient (Wildman–Crippen LogP) is 7.38. The minimum absolute atomic E-state index is 0.00173. The Hall–Kier alpha value is -4.01. The summed E-state index contributed by atoms with van der Waals surface area (Å²) in [5.74, 6) is -0.0908. The van der Waals surface area contributed by atoms with E-state index in [1.807, 2.05) is 66.5 Å². The molecule has 2 N–H and O–H groups in total. The van der Waals surface area contributed by atoms with Crippen molar-refractivity contribution >= 4 is 51.3 Å². The highest BCUT2D eigenvalue weighted by molar-refractivity contribution is 6.32. The van der Waals surface area contributed by atoms with Crippen molar-refractivity contribution in [1.82, 2.24) is 29.7 Å². The molecule has 0 radical (unpaired) electrons. The number of hydrogen-bond acceptors (Lipinski definition) is 11. The van der Waals surface area contributed by atoms with Crippen LogP contribution in [0.1, 0.15) is 78.0 Å². The Balaban J connectivity index is 1.20. The normalized spacial score (nSPS) is 20.7. The summed E-state index contributed by atoms with van der Waals surface area (Å²) >= 11 is 6.46. The summed E-state index contributed by atoms with van der Waals surface area (Å²) in [6, 6.07) is 12.1. The van der Waals surface area contributed by atoms with Gasteiger partial charge in [0.05, 0.1) is 24.1 Å². The van der Waals surface area contributed by atoms with Gasteiger partial charge in [0, 0.05) is 50.4 Å². The maximum absolute atomic E-state index is 13.7. The van der Waals surface area contributed by atoms with E-state index in [1.165, 1.54) is 0 Å². The van der Waals surface area contributed by atoms with E-state index < -0.39 is 17.4 Å². The molecule has 5 atom stereocenters. The number of aromatic nitrogens is 3. The van der Waals surface area contributed by atoms with Crippen molar-refractivity contribution in [1.29, 1.82) is 0 Å². The lowest BCUT2D eigenvalue weighted by atomic mass is 10.0. The van der Waals surface area contributed by atoms with E-state index in [9.17, 15) is 9.59 Å². The quantitative estimate of drug-likeness (QED) is 0.104. The van der Waals surface area contributed by atoms with Gasteiger partial charge in [0.15, 0.2) is 5.79 Å². The summed E-state index contributed by atoms with van der Waals surface area (Å²) in [6.45, 7) is 16.8. The zero-order valence-electron chi connectivity index (χ0n) is 35.6. The zero-order valence-corrected chi connectivity index (χ0v) is 36.4. The van der Waals surface area contributed by atoms with Crippen molar-refractivity contribution in [2.24, 2.45) is 5.92 Å². The molecule has 4 aromatic rings. The number of rotatable bonds is 17. The van der Waals surface area contributed by atoms with Crippen molar-refractivity contribution in [2.75, 3.05) is 58.7 Å². The van der Waals surface area contributed by atoms with E-state index >= 15 is 0 Å². The number of fused-ring (bicyclic) bond motifs is 3. The van der Waals surface area contributed by atoms with Crippen molar-refractivity contribution in [3.05, 3.63) is 65.1 Å². The first-order valence-electron chi connectivity index (χ1n) is 20.7. The second-order valence-electron chi connectivity index (χ2n) is 17.1. The molecule has 14 heteroatoms. The number of halogens is 1.